The molecule has 0 aliphatic rings. The molecule has 0 bridgehead atoms. The molecule has 1 amide bonds. The first-order chi connectivity index (χ1) is 12.8. The number of hydrogen-bond donors (Lipinski definition) is 0. The van der Waals surface area contributed by atoms with E-state index in [2.05, 4.69) is 9.97 Å². The van der Waals surface area contributed by atoms with Gasteiger partial charge in [-0.05, 0) is 43.2 Å². The number of pyridine rings is 1. The van der Waals surface area contributed by atoms with Gasteiger partial charge in [-0.1, -0.05) is 6.07 Å². The Bertz CT molecular complexity index is 968. The maximum Gasteiger partial charge on any atom is 0.274 e. The third kappa shape index (κ3) is 4.19. The summed E-state index contributed by atoms with van der Waals surface area (Å²) in [5.41, 5.74) is 1.75. The third-order valence-corrected chi connectivity index (χ3v) is 4.23. The van der Waals surface area contributed by atoms with E-state index in [1.165, 1.54) is 18.3 Å². The van der Waals surface area contributed by atoms with E-state index in [9.17, 15) is 13.6 Å². The molecule has 27 heavy (non-hydrogen) atoms. The first-order valence-electron chi connectivity index (χ1n) is 8.54. The highest BCUT2D eigenvalue weighted by molar-refractivity contribution is 5.92. The van der Waals surface area contributed by atoms with Gasteiger partial charge in [0.1, 0.15) is 11.5 Å². The van der Waals surface area contributed by atoms with Crippen LogP contribution in [0.2, 0.25) is 0 Å². The van der Waals surface area contributed by atoms with Gasteiger partial charge in [-0.15, -0.1) is 0 Å². The number of imidazole rings is 1. The third-order valence-electron chi connectivity index (χ3n) is 4.23. The van der Waals surface area contributed by atoms with Crippen molar-refractivity contribution < 1.29 is 13.6 Å². The summed E-state index contributed by atoms with van der Waals surface area (Å²) >= 11 is 0. The van der Waals surface area contributed by atoms with E-state index in [0.29, 0.717) is 11.3 Å². The predicted octanol–water partition coefficient (Wildman–Crippen LogP) is 3.81. The molecule has 0 atom stereocenters. The monoisotopic (exact) mass is 370 g/mol. The number of hydrogen-bond acceptors (Lipinski definition) is 3. The highest BCUT2D eigenvalue weighted by Crippen LogP contribution is 2.25. The number of benzene rings is 1. The van der Waals surface area contributed by atoms with Gasteiger partial charge < -0.3 is 9.47 Å². The second-order valence-corrected chi connectivity index (χ2v) is 6.63. The van der Waals surface area contributed by atoms with Crippen LogP contribution in [0.1, 0.15) is 29.9 Å². The second kappa shape index (κ2) is 7.65. The van der Waals surface area contributed by atoms with E-state index in [0.717, 1.165) is 5.56 Å². The average Bonchev–Trinajstić information content (AvgIpc) is 3.06. The molecule has 7 heteroatoms. The molecule has 5 nitrogen and oxygen atoms in total. The molecule has 2 heterocycles. The Morgan fingerprint density at radius 3 is 2.59 bits per heavy atom. The van der Waals surface area contributed by atoms with E-state index in [1.807, 2.05) is 13.8 Å². The zero-order chi connectivity index (χ0) is 19.6. The first-order valence-corrected chi connectivity index (χ1v) is 8.54. The van der Waals surface area contributed by atoms with Crippen molar-refractivity contribution in [2.75, 3.05) is 0 Å². The van der Waals surface area contributed by atoms with Crippen LogP contribution in [0.3, 0.4) is 0 Å². The Hall–Kier alpha value is -3.09. The van der Waals surface area contributed by atoms with Crippen molar-refractivity contribution in [3.8, 4) is 11.1 Å². The molecule has 2 aromatic heterocycles. The fourth-order valence-corrected chi connectivity index (χ4v) is 2.82. The van der Waals surface area contributed by atoms with Crippen LogP contribution < -0.4 is 0 Å². The SMILES string of the molecule is CC(C)N(Cc1ccc(F)c(-c2ccnc(F)c2)c1)C(=O)c1cn(C)cn1. The molecule has 0 N–H and O–H groups in total. The minimum Gasteiger partial charge on any atom is -0.340 e. The summed E-state index contributed by atoms with van der Waals surface area (Å²) < 4.78 is 29.4. The average molecular weight is 370 g/mol. The van der Waals surface area contributed by atoms with Gasteiger partial charge >= 0.3 is 0 Å². The standard InChI is InChI=1S/C20H20F2N4O/c1-13(2)26(20(27)18-11-25(3)12-24-18)10-14-4-5-17(21)16(8-14)15-6-7-23-19(22)9-15/h4-9,11-13H,10H2,1-3H3. The molecule has 0 spiro atoms. The quantitative estimate of drug-likeness (QED) is 0.642. The van der Waals surface area contributed by atoms with Crippen LogP contribution in [0.25, 0.3) is 11.1 Å². The van der Waals surface area contributed by atoms with Crippen molar-refractivity contribution in [3.63, 3.8) is 0 Å². The molecule has 0 aliphatic carbocycles. The van der Waals surface area contributed by atoms with Crippen molar-refractivity contribution in [1.29, 1.82) is 0 Å². The van der Waals surface area contributed by atoms with Crippen molar-refractivity contribution in [3.05, 3.63) is 72.1 Å². The number of nitrogens with zero attached hydrogens (tertiary/aromatic N) is 4. The second-order valence-electron chi connectivity index (χ2n) is 6.63. The molecule has 0 fully saturated rings. The van der Waals surface area contributed by atoms with Crippen LogP contribution in [0.5, 0.6) is 0 Å². The molecular weight excluding hydrogens is 350 g/mol. The molecule has 0 unspecified atom stereocenters. The van der Waals surface area contributed by atoms with Crippen LogP contribution in [-0.2, 0) is 13.6 Å². The van der Waals surface area contributed by atoms with E-state index < -0.39 is 11.8 Å². The molecule has 1 aromatic carbocycles. The summed E-state index contributed by atoms with van der Waals surface area (Å²) in [6, 6.07) is 7.23. The Kier molecular flexibility index (Phi) is 5.30. The minimum atomic E-state index is -0.675. The maximum atomic E-state index is 14.3. The van der Waals surface area contributed by atoms with Gasteiger partial charge in [-0.2, -0.15) is 4.39 Å². The van der Waals surface area contributed by atoms with E-state index in [1.54, 1.807) is 47.2 Å². The number of aryl methyl sites for hydroxylation is 1. The van der Waals surface area contributed by atoms with Gasteiger partial charge in [-0.3, -0.25) is 4.79 Å². The molecule has 0 saturated carbocycles. The lowest BCUT2D eigenvalue weighted by molar-refractivity contribution is 0.0684. The lowest BCUT2D eigenvalue weighted by Gasteiger charge is -2.26. The number of halogens is 2. The Balaban J connectivity index is 1.91. The van der Waals surface area contributed by atoms with Gasteiger partial charge in [0.2, 0.25) is 5.95 Å². The van der Waals surface area contributed by atoms with E-state index in [-0.39, 0.29) is 24.1 Å². The first kappa shape index (κ1) is 18.7. The zero-order valence-corrected chi connectivity index (χ0v) is 15.4. The lowest BCUT2D eigenvalue weighted by atomic mass is 10.0. The van der Waals surface area contributed by atoms with Gasteiger partial charge in [0, 0.05) is 43.7 Å². The molecule has 140 valence electrons. The van der Waals surface area contributed by atoms with Crippen LogP contribution in [0.4, 0.5) is 8.78 Å². The van der Waals surface area contributed by atoms with Crippen molar-refractivity contribution in [1.82, 2.24) is 19.4 Å². The summed E-state index contributed by atoms with van der Waals surface area (Å²) in [5, 5.41) is 0. The highest BCUT2D eigenvalue weighted by atomic mass is 19.1. The number of amides is 1. The van der Waals surface area contributed by atoms with E-state index >= 15 is 0 Å². The van der Waals surface area contributed by atoms with Crippen molar-refractivity contribution >= 4 is 5.91 Å². The maximum absolute atomic E-state index is 14.3. The summed E-state index contributed by atoms with van der Waals surface area (Å²) in [7, 11) is 1.80. The molecule has 0 aliphatic heterocycles. The summed E-state index contributed by atoms with van der Waals surface area (Å²) in [5.74, 6) is -1.34. The van der Waals surface area contributed by atoms with Crippen LogP contribution in [-0.4, -0.2) is 31.4 Å². The Morgan fingerprint density at radius 1 is 1.19 bits per heavy atom. The number of rotatable bonds is 5. The van der Waals surface area contributed by atoms with Crippen molar-refractivity contribution in [2.24, 2.45) is 7.05 Å². The van der Waals surface area contributed by atoms with Crippen molar-refractivity contribution in [2.45, 2.75) is 26.4 Å². The lowest BCUT2D eigenvalue weighted by Crippen LogP contribution is -2.36. The normalized spacial score (nSPS) is 11.0. The number of aromatic nitrogens is 3. The molecule has 0 radical (unpaired) electrons. The van der Waals surface area contributed by atoms with Gasteiger partial charge in [0.15, 0.2) is 0 Å². The topological polar surface area (TPSA) is 51.0 Å². The molecule has 0 saturated heterocycles. The highest BCUT2D eigenvalue weighted by Gasteiger charge is 2.21. The van der Waals surface area contributed by atoms with Crippen LogP contribution >= 0.6 is 0 Å². The predicted molar refractivity (Wildman–Crippen MR) is 97.8 cm³/mol. The van der Waals surface area contributed by atoms with Crippen LogP contribution in [0.15, 0.2) is 49.1 Å². The number of carbonyl (C=O) groups excluding carboxylic acids is 1. The largest absolute Gasteiger partial charge is 0.340 e. The van der Waals surface area contributed by atoms with Gasteiger partial charge in [-0.25, -0.2) is 14.4 Å². The molecular formula is C20H20F2N4O. The van der Waals surface area contributed by atoms with E-state index in [4.69, 9.17) is 0 Å². The zero-order valence-electron chi connectivity index (χ0n) is 15.4. The Morgan fingerprint density at radius 2 is 1.96 bits per heavy atom. The fourth-order valence-electron chi connectivity index (χ4n) is 2.82. The summed E-state index contributed by atoms with van der Waals surface area (Å²) in [6.07, 6.45) is 4.52. The minimum absolute atomic E-state index is 0.0774. The number of carbonyl (C=O) groups is 1. The summed E-state index contributed by atoms with van der Waals surface area (Å²) in [4.78, 5) is 22.1. The van der Waals surface area contributed by atoms with Gasteiger partial charge in [0.05, 0.1) is 6.33 Å². The smallest absolute Gasteiger partial charge is 0.274 e. The molecule has 3 aromatic rings. The fraction of sp³-hybridized carbons (Fsp3) is 0.250. The molecule has 3 rings (SSSR count). The van der Waals surface area contributed by atoms with Crippen LogP contribution in [0, 0.1) is 11.8 Å². The van der Waals surface area contributed by atoms with Gasteiger partial charge in [0.25, 0.3) is 5.91 Å². The Labute approximate surface area is 156 Å². The summed E-state index contributed by atoms with van der Waals surface area (Å²) in [6.45, 7) is 4.10.